The Morgan fingerprint density at radius 3 is 1.77 bits per heavy atom. The van der Waals surface area contributed by atoms with Crippen LogP contribution in [0.15, 0.2) is 164 Å². The van der Waals surface area contributed by atoms with Crippen LogP contribution < -0.4 is 0 Å². The Morgan fingerprint density at radius 2 is 1.00 bits per heavy atom. The molecule has 0 radical (unpaired) electrons. The summed E-state index contributed by atoms with van der Waals surface area (Å²) < 4.78 is 5.99. The minimum atomic E-state index is 0.657. The van der Waals surface area contributed by atoms with Crippen LogP contribution in [0.4, 0.5) is 0 Å². The average molecular weight is 714 g/mol. The molecule has 11 rings (SSSR count). The second-order valence-electron chi connectivity index (χ2n) is 13.1. The molecule has 53 heavy (non-hydrogen) atoms. The second-order valence-corrected chi connectivity index (χ2v) is 15.1. The first-order valence-electron chi connectivity index (χ1n) is 17.5. The summed E-state index contributed by atoms with van der Waals surface area (Å²) in [6.07, 6.45) is 0. The zero-order chi connectivity index (χ0) is 34.9. The van der Waals surface area contributed by atoms with Crippen LogP contribution in [-0.4, -0.2) is 24.5 Å². The van der Waals surface area contributed by atoms with Crippen molar-refractivity contribution in [3.05, 3.63) is 164 Å². The van der Waals surface area contributed by atoms with E-state index < -0.39 is 0 Å². The van der Waals surface area contributed by atoms with Gasteiger partial charge in [0, 0.05) is 47.6 Å². The average Bonchev–Trinajstić information content (AvgIpc) is 3.92. The molecule has 0 fully saturated rings. The van der Waals surface area contributed by atoms with Gasteiger partial charge in [0.2, 0.25) is 0 Å². The molecular weight excluding hydrogens is 687 g/mol. The van der Waals surface area contributed by atoms with Crippen LogP contribution in [0.1, 0.15) is 0 Å². The van der Waals surface area contributed by atoms with E-state index in [1.807, 2.05) is 72.0 Å². The van der Waals surface area contributed by atoms with Gasteiger partial charge in [-0.3, -0.25) is 4.57 Å². The van der Waals surface area contributed by atoms with Gasteiger partial charge in [-0.2, -0.15) is 0 Å². The minimum absolute atomic E-state index is 0.657. The predicted molar refractivity (Wildman–Crippen MR) is 222 cm³/mol. The molecule has 7 aromatic carbocycles. The fourth-order valence-corrected chi connectivity index (χ4v) is 9.62. The van der Waals surface area contributed by atoms with Gasteiger partial charge in [0.15, 0.2) is 22.6 Å². The maximum Gasteiger partial charge on any atom is 0.195 e. The largest absolute Gasteiger partial charge is 0.285 e. The second kappa shape index (κ2) is 12.0. The molecule has 0 N–H and O–H groups in total. The summed E-state index contributed by atoms with van der Waals surface area (Å²) in [7, 11) is 0. The van der Waals surface area contributed by atoms with E-state index in [0.717, 1.165) is 38.4 Å². The Bertz CT molecular complexity index is 3090. The highest BCUT2D eigenvalue weighted by Gasteiger charge is 2.19. The zero-order valence-electron chi connectivity index (χ0n) is 28.1. The number of hydrogen-bond donors (Lipinski definition) is 0. The first kappa shape index (κ1) is 30.1. The van der Waals surface area contributed by atoms with E-state index in [4.69, 9.17) is 19.9 Å². The van der Waals surface area contributed by atoms with Gasteiger partial charge >= 0.3 is 0 Å². The predicted octanol–water partition coefficient (Wildman–Crippen LogP) is 12.6. The number of nitrogens with zero attached hydrogens (tertiary/aromatic N) is 5. The molecule has 0 saturated carbocycles. The van der Waals surface area contributed by atoms with Crippen molar-refractivity contribution in [3.63, 3.8) is 0 Å². The number of fused-ring (bicyclic) bond motifs is 7. The van der Waals surface area contributed by atoms with Crippen LogP contribution in [-0.2, 0) is 0 Å². The molecule has 0 amide bonds. The third-order valence-electron chi connectivity index (χ3n) is 9.91. The van der Waals surface area contributed by atoms with Crippen molar-refractivity contribution < 1.29 is 0 Å². The molecule has 0 bridgehead atoms. The van der Waals surface area contributed by atoms with Crippen molar-refractivity contribution in [2.75, 3.05) is 0 Å². The van der Waals surface area contributed by atoms with Crippen molar-refractivity contribution in [1.82, 2.24) is 24.5 Å². The summed E-state index contributed by atoms with van der Waals surface area (Å²) in [5, 5.41) is 5.84. The Labute approximate surface area is 312 Å². The summed E-state index contributed by atoms with van der Waals surface area (Å²) in [5.41, 5.74) is 8.64. The highest BCUT2D eigenvalue weighted by molar-refractivity contribution is 7.26. The van der Waals surface area contributed by atoms with Gasteiger partial charge in [-0.05, 0) is 59.7 Å². The molecule has 248 valence electrons. The molecule has 0 atom stereocenters. The van der Waals surface area contributed by atoms with Crippen molar-refractivity contribution >= 4 is 74.9 Å². The van der Waals surface area contributed by atoms with Crippen LogP contribution in [0.25, 0.3) is 103 Å². The van der Waals surface area contributed by atoms with Gasteiger partial charge < -0.3 is 0 Å². The van der Waals surface area contributed by atoms with Gasteiger partial charge in [-0.1, -0.05) is 127 Å². The number of thiophene rings is 1. The molecule has 11 aromatic rings. The van der Waals surface area contributed by atoms with E-state index in [2.05, 4.69) is 108 Å². The first-order chi connectivity index (χ1) is 26.2. The zero-order valence-corrected chi connectivity index (χ0v) is 29.8. The summed E-state index contributed by atoms with van der Waals surface area (Å²) in [6.45, 7) is 0. The fourth-order valence-electron chi connectivity index (χ4n) is 7.40. The van der Waals surface area contributed by atoms with Gasteiger partial charge in [0.05, 0.1) is 21.3 Å². The number of aromatic nitrogens is 5. The third-order valence-corrected chi connectivity index (χ3v) is 12.2. The van der Waals surface area contributed by atoms with Crippen LogP contribution in [0.3, 0.4) is 0 Å². The molecule has 0 unspecified atom stereocenters. The summed E-state index contributed by atoms with van der Waals surface area (Å²) in [4.78, 5) is 19.9. The number of benzene rings is 7. The molecule has 4 heterocycles. The minimum Gasteiger partial charge on any atom is -0.285 e. The third kappa shape index (κ3) is 4.97. The van der Waals surface area contributed by atoms with Gasteiger partial charge in [-0.25, -0.2) is 19.9 Å². The molecule has 0 aliphatic carbocycles. The quantitative estimate of drug-likeness (QED) is 0.178. The Hall–Kier alpha value is -6.54. The van der Waals surface area contributed by atoms with E-state index in [0.29, 0.717) is 17.5 Å². The lowest BCUT2D eigenvalue weighted by Gasteiger charge is -2.08. The molecule has 5 nitrogen and oxygen atoms in total. The van der Waals surface area contributed by atoms with Gasteiger partial charge in [0.1, 0.15) is 0 Å². The fraction of sp³-hybridized carbons (Fsp3) is 0. The van der Waals surface area contributed by atoms with Crippen LogP contribution in [0.5, 0.6) is 0 Å². The van der Waals surface area contributed by atoms with Crippen molar-refractivity contribution in [2.45, 2.75) is 0 Å². The van der Waals surface area contributed by atoms with E-state index in [-0.39, 0.29) is 0 Å². The molecule has 7 heteroatoms. The van der Waals surface area contributed by atoms with Crippen LogP contribution in [0, 0.1) is 0 Å². The van der Waals surface area contributed by atoms with Crippen molar-refractivity contribution in [2.24, 2.45) is 0 Å². The molecule has 0 saturated heterocycles. The number of para-hydroxylation sites is 2. The lowest BCUT2D eigenvalue weighted by atomic mass is 10.00. The lowest BCUT2D eigenvalue weighted by molar-refractivity contribution is 1.07. The SMILES string of the molecule is c1ccc(-c2nc(-c3ccccc3)nc(-c3ccc4sc5c(-c6ccc7c(c6)c6ccccc6n7-c6nc7ccccc7s6)cccc5c4c3)n2)cc1. The Balaban J connectivity index is 1.06. The van der Waals surface area contributed by atoms with E-state index in [1.54, 1.807) is 11.3 Å². The number of thiazole rings is 1. The van der Waals surface area contributed by atoms with E-state index in [1.165, 1.54) is 46.8 Å². The lowest BCUT2D eigenvalue weighted by Crippen LogP contribution is -2.00. The van der Waals surface area contributed by atoms with E-state index in [9.17, 15) is 0 Å². The molecular formula is C46H27N5S2. The van der Waals surface area contributed by atoms with Gasteiger partial charge in [-0.15, -0.1) is 11.3 Å². The number of hydrogen-bond acceptors (Lipinski definition) is 6. The smallest absolute Gasteiger partial charge is 0.195 e. The molecule has 0 aliphatic rings. The topological polar surface area (TPSA) is 56.5 Å². The summed E-state index contributed by atoms with van der Waals surface area (Å²) in [6, 6.07) is 57.4. The number of rotatable bonds is 5. The Morgan fingerprint density at radius 1 is 0.377 bits per heavy atom. The highest BCUT2D eigenvalue weighted by atomic mass is 32.1. The maximum atomic E-state index is 5.04. The normalized spacial score (nSPS) is 11.8. The summed E-state index contributed by atoms with van der Waals surface area (Å²) in [5.74, 6) is 1.98. The summed E-state index contributed by atoms with van der Waals surface area (Å²) >= 11 is 3.56. The Kier molecular flexibility index (Phi) is 6.83. The van der Waals surface area contributed by atoms with E-state index >= 15 is 0 Å². The van der Waals surface area contributed by atoms with Crippen molar-refractivity contribution in [1.29, 1.82) is 0 Å². The molecule has 0 spiro atoms. The standard InChI is InChI=1S/C46H27N5S2/c1-3-12-28(13-4-1)43-48-44(29-14-5-2-6-15-29)50-45(49-43)31-23-25-40-36(27-31)34-18-11-17-32(42(34)52-40)30-22-24-39-35(26-30)33-16-7-9-20-38(33)51(39)46-47-37-19-8-10-21-41(37)53-46/h1-27H. The first-order valence-corrected chi connectivity index (χ1v) is 19.1. The van der Waals surface area contributed by atoms with Crippen LogP contribution >= 0.6 is 22.7 Å². The van der Waals surface area contributed by atoms with Crippen molar-refractivity contribution in [3.8, 4) is 50.4 Å². The monoisotopic (exact) mass is 713 g/mol. The maximum absolute atomic E-state index is 5.04. The molecule has 4 aromatic heterocycles. The van der Waals surface area contributed by atoms with Crippen LogP contribution in [0.2, 0.25) is 0 Å². The highest BCUT2D eigenvalue weighted by Crippen LogP contribution is 2.43. The molecule has 0 aliphatic heterocycles. The van der Waals surface area contributed by atoms with Gasteiger partial charge in [0.25, 0.3) is 0 Å².